The molecule has 0 aliphatic heterocycles. The molecule has 2 aromatic rings. The molecule has 0 saturated heterocycles. The summed E-state index contributed by atoms with van der Waals surface area (Å²) in [6, 6.07) is 19.2. The Kier molecular flexibility index (Phi) is 19.1. The van der Waals surface area contributed by atoms with Crippen molar-refractivity contribution in [2.75, 3.05) is 12.3 Å². The van der Waals surface area contributed by atoms with Gasteiger partial charge in [0.1, 0.15) is 0 Å². The molecule has 0 aromatic heterocycles. The summed E-state index contributed by atoms with van der Waals surface area (Å²) in [5.74, 6) is 0. The molecule has 0 unspecified atom stereocenters. The van der Waals surface area contributed by atoms with E-state index in [2.05, 4.69) is 38.1 Å². The van der Waals surface area contributed by atoms with Crippen molar-refractivity contribution in [1.29, 1.82) is 0 Å². The molecular weight excluding hydrogens is 378 g/mol. The molecule has 0 heterocycles. The summed E-state index contributed by atoms with van der Waals surface area (Å²) >= 11 is 0. The molecule has 26 heavy (non-hydrogen) atoms. The van der Waals surface area contributed by atoms with Gasteiger partial charge in [-0.3, -0.25) is 0 Å². The van der Waals surface area contributed by atoms with Crippen LogP contribution in [0.15, 0.2) is 54.6 Å². The summed E-state index contributed by atoms with van der Waals surface area (Å²) in [6.07, 6.45) is 17.2. The van der Waals surface area contributed by atoms with E-state index in [1.165, 1.54) is 76.5 Å². The quantitative estimate of drug-likeness (QED) is 0.177. The van der Waals surface area contributed by atoms with Gasteiger partial charge in [-0.05, 0) is 25.2 Å². The van der Waals surface area contributed by atoms with Crippen molar-refractivity contribution in [2.24, 2.45) is 0 Å². The van der Waals surface area contributed by atoms with Crippen molar-refractivity contribution in [3.8, 4) is 0 Å². The van der Waals surface area contributed by atoms with Crippen LogP contribution in [0.2, 0.25) is 0 Å². The average molecular weight is 417 g/mol. The maximum Gasteiger partial charge on any atom is 0 e. The van der Waals surface area contributed by atoms with Crippen LogP contribution in [0.5, 0.6) is 0 Å². The third kappa shape index (κ3) is 13.8. The van der Waals surface area contributed by atoms with Crippen molar-refractivity contribution >= 4 is 13.2 Å². The van der Waals surface area contributed by atoms with Crippen LogP contribution in [0.1, 0.15) is 78.1 Å². The van der Waals surface area contributed by atoms with Gasteiger partial charge in [0.15, 0.2) is 0 Å². The zero-order chi connectivity index (χ0) is 18.0. The summed E-state index contributed by atoms with van der Waals surface area (Å²) in [5.41, 5.74) is 0. The van der Waals surface area contributed by atoms with Crippen molar-refractivity contribution in [3.63, 3.8) is 0 Å². The van der Waals surface area contributed by atoms with Gasteiger partial charge in [-0.1, -0.05) is 65.2 Å². The van der Waals surface area contributed by atoms with Gasteiger partial charge in [0, 0.05) is 16.8 Å². The Morgan fingerprint density at radius 2 is 1.00 bits per heavy atom. The predicted molar refractivity (Wildman–Crippen MR) is 118 cm³/mol. The number of rotatable bonds is 13. The van der Waals surface area contributed by atoms with Crippen LogP contribution in [0.4, 0.5) is 0 Å². The molecule has 0 aliphatic carbocycles. The Balaban J connectivity index is 0.000000893. The minimum atomic E-state index is 0. The van der Waals surface area contributed by atoms with Crippen molar-refractivity contribution < 1.29 is 16.8 Å². The summed E-state index contributed by atoms with van der Waals surface area (Å²) in [4.78, 5) is 0. The fourth-order valence-corrected chi connectivity index (χ4v) is 5.62. The first-order chi connectivity index (χ1) is 12.4. The van der Waals surface area contributed by atoms with Crippen molar-refractivity contribution in [1.82, 2.24) is 0 Å². The largest absolute Gasteiger partial charge is 0.748 e. The molecule has 0 nitrogen and oxygen atoms in total. The van der Waals surface area contributed by atoms with E-state index in [1.54, 1.807) is 5.30 Å². The topological polar surface area (TPSA) is 0 Å². The van der Waals surface area contributed by atoms with Gasteiger partial charge in [0.05, 0.1) is 0 Å². The average Bonchev–Trinajstić information content (AvgIpc) is 3.35. The van der Waals surface area contributed by atoms with E-state index in [4.69, 9.17) is 0 Å². The standard InChI is InChI=1S/C19H34P.C5H5.Co/c1-3-5-7-9-13-17-20(19-15-11-12-16-19)18-14-10-8-6-4-2;1-2-4-5-3-1;/h11-12,15-16H,3-10,13-14,17-18H2,1-2H3;1-5H;/q-1;-5;. The third-order valence-corrected chi connectivity index (χ3v) is 7.37. The molecule has 0 spiro atoms. The Morgan fingerprint density at radius 3 is 1.38 bits per heavy atom. The van der Waals surface area contributed by atoms with Crippen molar-refractivity contribution in [2.45, 2.75) is 78.1 Å². The van der Waals surface area contributed by atoms with Gasteiger partial charge >= 0.3 is 0 Å². The molecule has 2 rings (SSSR count). The molecule has 2 aromatic carbocycles. The van der Waals surface area contributed by atoms with Gasteiger partial charge < -0.3 is 30.3 Å². The summed E-state index contributed by atoms with van der Waals surface area (Å²) < 4.78 is 0. The second-order valence-electron chi connectivity index (χ2n) is 6.92. The van der Waals surface area contributed by atoms with Gasteiger partial charge in [-0.25, -0.2) is 12.1 Å². The molecule has 0 bridgehead atoms. The predicted octanol–water partition coefficient (Wildman–Crippen LogP) is 7.86. The van der Waals surface area contributed by atoms with E-state index in [0.717, 1.165) is 0 Å². The fourth-order valence-electron chi connectivity index (χ4n) is 3.08. The molecule has 2 heteroatoms. The molecule has 0 amide bonds. The minimum Gasteiger partial charge on any atom is -0.748 e. The van der Waals surface area contributed by atoms with Crippen LogP contribution < -0.4 is 5.30 Å². The maximum atomic E-state index is 2.36. The Hall–Kier alpha value is -0.364. The second-order valence-corrected chi connectivity index (χ2v) is 9.41. The van der Waals surface area contributed by atoms with Crippen LogP contribution in [0.25, 0.3) is 0 Å². The van der Waals surface area contributed by atoms with Crippen LogP contribution in [-0.2, 0) is 16.8 Å². The molecule has 1 radical (unpaired) electrons. The number of unbranched alkanes of at least 4 members (excludes halogenated alkanes) is 8. The maximum absolute atomic E-state index is 2.36. The Bertz CT molecular complexity index is 415. The third-order valence-electron chi connectivity index (χ3n) is 4.63. The van der Waals surface area contributed by atoms with Gasteiger partial charge in [-0.15, -0.1) is 13.2 Å². The Labute approximate surface area is 174 Å². The zero-order valence-electron chi connectivity index (χ0n) is 17.0. The fraction of sp³-hybridized carbons (Fsp3) is 0.583. The molecule has 155 valence electrons. The second kappa shape index (κ2) is 19.4. The monoisotopic (exact) mass is 417 g/mol. The van der Waals surface area contributed by atoms with E-state index in [1.807, 2.05) is 30.3 Å². The van der Waals surface area contributed by atoms with E-state index in [-0.39, 0.29) is 24.7 Å². The van der Waals surface area contributed by atoms with E-state index in [9.17, 15) is 0 Å². The molecule has 0 N–H and O–H groups in total. The van der Waals surface area contributed by atoms with E-state index < -0.39 is 0 Å². The zero-order valence-corrected chi connectivity index (χ0v) is 18.9. The Morgan fingerprint density at radius 1 is 0.615 bits per heavy atom. The van der Waals surface area contributed by atoms with Crippen LogP contribution >= 0.6 is 7.92 Å². The molecule has 0 atom stereocenters. The first kappa shape index (κ1) is 25.6. The smallest absolute Gasteiger partial charge is 0 e. The first-order valence-corrected chi connectivity index (χ1v) is 12.2. The molecule has 0 saturated carbocycles. The SMILES string of the molecule is CCCCCCCP(CCCCCCC)[c-]1cccc1.[Co].[cH-]1[cH-][cH-][cH-][cH-]1. The summed E-state index contributed by atoms with van der Waals surface area (Å²) in [6.45, 7) is 4.60. The van der Waals surface area contributed by atoms with Crippen molar-refractivity contribution in [3.05, 3.63) is 54.6 Å². The molecular formula is C24H39CoP-6. The van der Waals surface area contributed by atoms with Crippen LogP contribution in [-0.4, -0.2) is 12.3 Å². The van der Waals surface area contributed by atoms with Gasteiger partial charge in [0.2, 0.25) is 0 Å². The summed E-state index contributed by atoms with van der Waals surface area (Å²) in [7, 11) is 0.140. The minimum absolute atomic E-state index is 0. The van der Waals surface area contributed by atoms with E-state index >= 15 is 0 Å². The number of hydrogen-bond donors (Lipinski definition) is 0. The van der Waals surface area contributed by atoms with Gasteiger partial charge in [0.25, 0.3) is 0 Å². The van der Waals surface area contributed by atoms with Gasteiger partial charge in [-0.2, -0.15) is 12.1 Å². The number of hydrogen-bond acceptors (Lipinski definition) is 0. The van der Waals surface area contributed by atoms with Crippen LogP contribution in [0, 0.1) is 0 Å². The molecule has 0 fully saturated rings. The first-order valence-electron chi connectivity index (χ1n) is 10.5. The van der Waals surface area contributed by atoms with E-state index in [0.29, 0.717) is 0 Å². The normalized spacial score (nSPS) is 10.3. The molecule has 0 aliphatic rings. The van der Waals surface area contributed by atoms with Crippen LogP contribution in [0.3, 0.4) is 0 Å². The summed E-state index contributed by atoms with van der Waals surface area (Å²) in [5, 5.41) is 1.66.